The zero-order chi connectivity index (χ0) is 21.3. The lowest BCUT2D eigenvalue weighted by Crippen LogP contribution is -2.52. The van der Waals surface area contributed by atoms with E-state index in [0.717, 1.165) is 5.39 Å². The molecule has 1 N–H and O–H groups in total. The molecular formula is C22H20FN3O4. The molecule has 0 saturated carbocycles. The van der Waals surface area contributed by atoms with E-state index in [0.29, 0.717) is 23.3 Å². The van der Waals surface area contributed by atoms with Crippen molar-refractivity contribution in [1.82, 2.24) is 14.8 Å². The van der Waals surface area contributed by atoms with Crippen molar-refractivity contribution in [3.05, 3.63) is 71.8 Å². The van der Waals surface area contributed by atoms with E-state index in [-0.39, 0.29) is 13.1 Å². The molecule has 1 unspecified atom stereocenters. The Kier molecular flexibility index (Phi) is 5.33. The van der Waals surface area contributed by atoms with Gasteiger partial charge in [-0.1, -0.05) is 36.4 Å². The van der Waals surface area contributed by atoms with Gasteiger partial charge in [-0.15, -0.1) is 0 Å². The number of methoxy groups -OCH3 is 1. The second kappa shape index (κ2) is 8.08. The zero-order valence-electron chi connectivity index (χ0n) is 16.3. The Morgan fingerprint density at radius 3 is 2.70 bits per heavy atom. The molecule has 3 aromatic rings. The molecule has 0 aliphatic carbocycles. The first kappa shape index (κ1) is 19.8. The number of aromatic nitrogens is 1. The van der Waals surface area contributed by atoms with Gasteiger partial charge in [-0.05, 0) is 17.7 Å². The fourth-order valence-corrected chi connectivity index (χ4v) is 3.75. The third kappa shape index (κ3) is 3.46. The number of carbonyl (C=O) groups excluding carboxylic acids is 3. The number of rotatable bonds is 6. The average molecular weight is 409 g/mol. The molecule has 7 nitrogen and oxygen atoms in total. The number of ether oxygens (including phenoxy) is 1. The maximum Gasteiger partial charge on any atom is 0.320 e. The molecular weight excluding hydrogens is 389 g/mol. The van der Waals surface area contributed by atoms with Crippen LogP contribution in [0, 0.1) is 5.82 Å². The molecule has 1 aliphatic rings. The SMILES string of the molecule is COCCNC(=O)C1c2c3ccccc3cn2C(=O)C(=O)N1Cc1cccc(F)c1. The van der Waals surface area contributed by atoms with Crippen molar-refractivity contribution in [2.75, 3.05) is 20.3 Å². The van der Waals surface area contributed by atoms with Gasteiger partial charge in [0.25, 0.3) is 0 Å². The van der Waals surface area contributed by atoms with Crippen molar-refractivity contribution < 1.29 is 23.5 Å². The Hall–Kier alpha value is -3.52. The molecule has 4 rings (SSSR count). The number of nitrogens with one attached hydrogen (secondary N) is 1. The quantitative estimate of drug-likeness (QED) is 0.500. The smallest absolute Gasteiger partial charge is 0.320 e. The predicted octanol–water partition coefficient (Wildman–Crippen LogP) is 2.27. The number of hydrogen-bond donors (Lipinski definition) is 1. The summed E-state index contributed by atoms with van der Waals surface area (Å²) in [6.45, 7) is 0.474. The Labute approximate surface area is 172 Å². The second-order valence-electron chi connectivity index (χ2n) is 7.03. The summed E-state index contributed by atoms with van der Waals surface area (Å²) in [7, 11) is 1.52. The molecule has 0 radical (unpaired) electrons. The van der Waals surface area contributed by atoms with Crippen molar-refractivity contribution in [1.29, 1.82) is 0 Å². The lowest BCUT2D eigenvalue weighted by Gasteiger charge is -2.35. The van der Waals surface area contributed by atoms with Crippen LogP contribution in [0.15, 0.2) is 54.7 Å². The van der Waals surface area contributed by atoms with E-state index in [2.05, 4.69) is 5.32 Å². The molecule has 0 spiro atoms. The standard InChI is InChI=1S/C22H20FN3O4/c1-30-10-9-24-20(27)19-18-17-8-3-2-6-15(17)13-26(18)22(29)21(28)25(19)12-14-5-4-7-16(23)11-14/h2-8,11,13,19H,9-10,12H2,1H3,(H,24,27). The van der Waals surface area contributed by atoms with Crippen LogP contribution in [0.4, 0.5) is 4.39 Å². The summed E-state index contributed by atoms with van der Waals surface area (Å²) in [6, 6.07) is 11.9. The van der Waals surface area contributed by atoms with Gasteiger partial charge in [0.05, 0.1) is 12.3 Å². The van der Waals surface area contributed by atoms with E-state index in [4.69, 9.17) is 4.74 Å². The van der Waals surface area contributed by atoms with E-state index in [9.17, 15) is 18.8 Å². The fourth-order valence-electron chi connectivity index (χ4n) is 3.75. The van der Waals surface area contributed by atoms with Gasteiger partial charge in [0.2, 0.25) is 5.91 Å². The highest BCUT2D eigenvalue weighted by Gasteiger charge is 2.43. The van der Waals surface area contributed by atoms with Gasteiger partial charge in [-0.3, -0.25) is 19.0 Å². The number of nitrogens with zero attached hydrogens (tertiary/aromatic N) is 2. The molecule has 0 saturated heterocycles. The van der Waals surface area contributed by atoms with Gasteiger partial charge < -0.3 is 15.0 Å². The predicted molar refractivity (Wildman–Crippen MR) is 107 cm³/mol. The van der Waals surface area contributed by atoms with Crippen LogP contribution in [0.1, 0.15) is 22.1 Å². The lowest BCUT2D eigenvalue weighted by molar-refractivity contribution is -0.140. The average Bonchev–Trinajstić information content (AvgIpc) is 3.12. The Morgan fingerprint density at radius 1 is 1.13 bits per heavy atom. The molecule has 2 aromatic carbocycles. The number of fused-ring (bicyclic) bond motifs is 3. The Balaban J connectivity index is 1.82. The molecule has 0 fully saturated rings. The van der Waals surface area contributed by atoms with Crippen LogP contribution < -0.4 is 5.32 Å². The molecule has 1 aliphatic heterocycles. The second-order valence-corrected chi connectivity index (χ2v) is 7.03. The van der Waals surface area contributed by atoms with Crippen molar-refractivity contribution in [2.24, 2.45) is 0 Å². The first-order valence-electron chi connectivity index (χ1n) is 9.47. The maximum atomic E-state index is 13.7. The van der Waals surface area contributed by atoms with Crippen molar-refractivity contribution in [2.45, 2.75) is 12.6 Å². The van der Waals surface area contributed by atoms with Crippen molar-refractivity contribution >= 4 is 28.5 Å². The highest BCUT2D eigenvalue weighted by atomic mass is 19.1. The molecule has 2 heterocycles. The van der Waals surface area contributed by atoms with Gasteiger partial charge >= 0.3 is 11.8 Å². The summed E-state index contributed by atoms with van der Waals surface area (Å²) in [4.78, 5) is 40.1. The molecule has 2 amide bonds. The van der Waals surface area contributed by atoms with Crippen LogP contribution in [-0.4, -0.2) is 47.4 Å². The zero-order valence-corrected chi connectivity index (χ0v) is 16.3. The largest absolute Gasteiger partial charge is 0.383 e. The minimum atomic E-state index is -1.05. The van der Waals surface area contributed by atoms with Crippen LogP contribution in [-0.2, 0) is 20.9 Å². The van der Waals surface area contributed by atoms with Crippen LogP contribution >= 0.6 is 0 Å². The van der Waals surface area contributed by atoms with Crippen molar-refractivity contribution in [3.8, 4) is 0 Å². The summed E-state index contributed by atoms with van der Waals surface area (Å²) in [5.41, 5.74) is 0.900. The van der Waals surface area contributed by atoms with Crippen LogP contribution in [0.5, 0.6) is 0 Å². The number of benzene rings is 2. The van der Waals surface area contributed by atoms with Crippen LogP contribution in [0.2, 0.25) is 0 Å². The summed E-state index contributed by atoms with van der Waals surface area (Å²) in [6.07, 6.45) is 1.57. The number of hydrogen-bond acceptors (Lipinski definition) is 4. The molecule has 30 heavy (non-hydrogen) atoms. The fraction of sp³-hybridized carbons (Fsp3) is 0.227. The molecule has 1 aromatic heterocycles. The van der Waals surface area contributed by atoms with Crippen molar-refractivity contribution in [3.63, 3.8) is 0 Å². The monoisotopic (exact) mass is 409 g/mol. The van der Waals surface area contributed by atoms with E-state index in [1.165, 1.54) is 34.8 Å². The third-order valence-corrected chi connectivity index (χ3v) is 5.09. The molecule has 1 atom stereocenters. The number of halogens is 1. The van der Waals surface area contributed by atoms with E-state index >= 15 is 0 Å². The third-order valence-electron chi connectivity index (χ3n) is 5.09. The summed E-state index contributed by atoms with van der Waals surface area (Å²) in [5.74, 6) is -2.47. The van der Waals surface area contributed by atoms with E-state index in [1.807, 2.05) is 12.1 Å². The summed E-state index contributed by atoms with van der Waals surface area (Å²) in [5, 5.41) is 4.20. The first-order chi connectivity index (χ1) is 14.5. The number of carbonyl (C=O) groups is 3. The van der Waals surface area contributed by atoms with Gasteiger partial charge in [0.15, 0.2) is 6.04 Å². The summed E-state index contributed by atoms with van der Waals surface area (Å²) < 4.78 is 19.9. The van der Waals surface area contributed by atoms with Crippen LogP contribution in [0.3, 0.4) is 0 Å². The number of amides is 2. The van der Waals surface area contributed by atoms with Gasteiger partial charge in [-0.25, -0.2) is 4.39 Å². The first-order valence-corrected chi connectivity index (χ1v) is 9.47. The molecule has 8 heteroatoms. The lowest BCUT2D eigenvalue weighted by atomic mass is 10.0. The maximum absolute atomic E-state index is 13.7. The molecule has 0 bridgehead atoms. The van der Waals surface area contributed by atoms with Gasteiger partial charge in [0, 0.05) is 37.2 Å². The topological polar surface area (TPSA) is 80.6 Å². The Morgan fingerprint density at radius 2 is 1.93 bits per heavy atom. The normalized spacial score (nSPS) is 16.1. The van der Waals surface area contributed by atoms with Gasteiger partial charge in [0.1, 0.15) is 5.82 Å². The highest BCUT2D eigenvalue weighted by Crippen LogP contribution is 2.35. The van der Waals surface area contributed by atoms with Crippen LogP contribution in [0.25, 0.3) is 10.8 Å². The minimum absolute atomic E-state index is 0.0792. The van der Waals surface area contributed by atoms with E-state index < -0.39 is 29.6 Å². The minimum Gasteiger partial charge on any atom is -0.383 e. The van der Waals surface area contributed by atoms with Gasteiger partial charge in [-0.2, -0.15) is 0 Å². The molecule has 154 valence electrons. The Bertz CT molecular complexity index is 1140. The summed E-state index contributed by atoms with van der Waals surface area (Å²) >= 11 is 0. The van der Waals surface area contributed by atoms with E-state index in [1.54, 1.807) is 24.4 Å². The highest BCUT2D eigenvalue weighted by molar-refractivity contribution is 6.38.